The van der Waals surface area contributed by atoms with Crippen molar-refractivity contribution in [2.45, 2.75) is 25.1 Å². The Morgan fingerprint density at radius 1 is 1.25 bits per heavy atom. The number of carbonyl (C=O) groups is 1. The second kappa shape index (κ2) is 8.65. The molecule has 1 saturated heterocycles. The van der Waals surface area contributed by atoms with E-state index in [4.69, 9.17) is 14.2 Å². The third kappa shape index (κ3) is 4.20. The maximum Gasteiger partial charge on any atom is 0.433 e. The van der Waals surface area contributed by atoms with Crippen LogP contribution in [0.5, 0.6) is 11.5 Å². The number of aromatic nitrogens is 3. The van der Waals surface area contributed by atoms with Crippen LogP contribution in [-0.2, 0) is 10.9 Å². The largest absolute Gasteiger partial charge is 0.493 e. The number of carbonyl (C=O) groups excluding carboxylic acids is 1. The Bertz CT molecular complexity index is 1140. The van der Waals surface area contributed by atoms with Crippen molar-refractivity contribution in [1.29, 1.82) is 0 Å². The van der Waals surface area contributed by atoms with Crippen LogP contribution in [0.3, 0.4) is 0 Å². The molecule has 3 aromatic rings. The molecule has 4 rings (SSSR count). The molecule has 0 unspecified atom stereocenters. The minimum Gasteiger partial charge on any atom is -0.493 e. The average Bonchev–Trinajstić information content (AvgIpc) is 3.45. The van der Waals surface area contributed by atoms with E-state index in [1.807, 2.05) is 0 Å². The summed E-state index contributed by atoms with van der Waals surface area (Å²) in [6.07, 6.45) is -2.02. The van der Waals surface area contributed by atoms with Crippen LogP contribution in [-0.4, -0.2) is 54.0 Å². The summed E-state index contributed by atoms with van der Waals surface area (Å²) in [6.45, 7) is 0.889. The van der Waals surface area contributed by atoms with Crippen molar-refractivity contribution >= 4 is 11.6 Å². The van der Waals surface area contributed by atoms with Crippen molar-refractivity contribution in [3.63, 3.8) is 0 Å². The van der Waals surface area contributed by atoms with E-state index in [1.54, 1.807) is 12.1 Å². The normalized spacial score (nSPS) is 16.3. The summed E-state index contributed by atoms with van der Waals surface area (Å²) in [5, 5.41) is 6.47. The number of rotatable bonds is 6. The van der Waals surface area contributed by atoms with Gasteiger partial charge in [0.25, 0.3) is 5.91 Å². The molecule has 1 aliphatic rings. The van der Waals surface area contributed by atoms with Crippen molar-refractivity contribution in [1.82, 2.24) is 19.9 Å². The molecule has 2 aromatic heterocycles. The highest BCUT2D eigenvalue weighted by Crippen LogP contribution is 2.35. The first-order valence-electron chi connectivity index (χ1n) is 9.90. The molecular weight excluding hydrogens is 429 g/mol. The van der Waals surface area contributed by atoms with Gasteiger partial charge in [-0.05, 0) is 37.1 Å². The number of halogens is 3. The van der Waals surface area contributed by atoms with Crippen LogP contribution < -0.4 is 14.8 Å². The summed E-state index contributed by atoms with van der Waals surface area (Å²) in [4.78, 5) is 17.0. The van der Waals surface area contributed by atoms with Gasteiger partial charge in [-0.3, -0.25) is 4.79 Å². The molecule has 11 heteroatoms. The first-order chi connectivity index (χ1) is 15.3. The van der Waals surface area contributed by atoms with Gasteiger partial charge >= 0.3 is 6.18 Å². The van der Waals surface area contributed by atoms with E-state index in [9.17, 15) is 18.0 Å². The lowest BCUT2D eigenvalue weighted by Crippen LogP contribution is -2.31. The number of hydrogen-bond donors (Lipinski definition) is 1. The standard InChI is InChI=1S/C21H21F3N4O4/c1-30-16-6-5-12(8-17(16)31-2)15-9-18(21(22,23)24)28-19(27-15)14(11-26-28)20(29)25-10-13-4-3-7-32-13/h5-6,8-9,11,13H,3-4,7,10H2,1-2H3,(H,25,29)/t13-/m1/s1. The molecule has 8 nitrogen and oxygen atoms in total. The minimum atomic E-state index is -4.72. The van der Waals surface area contributed by atoms with E-state index in [0.717, 1.165) is 25.1 Å². The van der Waals surface area contributed by atoms with Gasteiger partial charge in [-0.1, -0.05) is 0 Å². The number of hydrogen-bond acceptors (Lipinski definition) is 6. The number of nitrogens with zero attached hydrogens (tertiary/aromatic N) is 3. The maximum absolute atomic E-state index is 13.8. The molecule has 32 heavy (non-hydrogen) atoms. The number of nitrogens with one attached hydrogen (secondary N) is 1. The van der Waals surface area contributed by atoms with Crippen LogP contribution in [0.15, 0.2) is 30.5 Å². The predicted octanol–water partition coefficient (Wildman–Crippen LogP) is 3.34. The van der Waals surface area contributed by atoms with Crippen LogP contribution in [0, 0.1) is 0 Å². The fraction of sp³-hybridized carbons (Fsp3) is 0.381. The van der Waals surface area contributed by atoms with E-state index in [1.165, 1.54) is 20.3 Å². The van der Waals surface area contributed by atoms with Crippen LogP contribution in [0.25, 0.3) is 16.9 Å². The smallest absolute Gasteiger partial charge is 0.433 e. The summed E-state index contributed by atoms with van der Waals surface area (Å²) in [7, 11) is 2.88. The van der Waals surface area contributed by atoms with Gasteiger partial charge in [-0.25, -0.2) is 9.50 Å². The Morgan fingerprint density at radius 3 is 2.69 bits per heavy atom. The van der Waals surface area contributed by atoms with Crippen LogP contribution in [0.2, 0.25) is 0 Å². The molecule has 170 valence electrons. The molecule has 0 saturated carbocycles. The SMILES string of the molecule is COc1ccc(-c2cc(C(F)(F)F)n3ncc(C(=O)NC[C@H]4CCCO4)c3n2)cc1OC. The molecular formula is C21H21F3N4O4. The second-order valence-electron chi connectivity index (χ2n) is 7.23. The Balaban J connectivity index is 1.77. The third-order valence-corrected chi connectivity index (χ3v) is 5.20. The Hall–Kier alpha value is -3.34. The van der Waals surface area contributed by atoms with Crippen molar-refractivity contribution in [3.8, 4) is 22.8 Å². The third-order valence-electron chi connectivity index (χ3n) is 5.20. The number of alkyl halides is 3. The first kappa shape index (κ1) is 21.9. The van der Waals surface area contributed by atoms with Crippen LogP contribution >= 0.6 is 0 Å². The molecule has 1 aliphatic heterocycles. The summed E-state index contributed by atoms with van der Waals surface area (Å²) in [5.74, 6) is 0.191. The topological polar surface area (TPSA) is 87.0 Å². The molecule has 0 radical (unpaired) electrons. The average molecular weight is 450 g/mol. The monoisotopic (exact) mass is 450 g/mol. The van der Waals surface area contributed by atoms with Gasteiger partial charge in [-0.15, -0.1) is 0 Å². The lowest BCUT2D eigenvalue weighted by Gasteiger charge is -2.13. The van der Waals surface area contributed by atoms with E-state index < -0.39 is 17.8 Å². The summed E-state index contributed by atoms with van der Waals surface area (Å²) < 4.78 is 57.9. The van der Waals surface area contributed by atoms with Gasteiger partial charge < -0.3 is 19.5 Å². The zero-order valence-electron chi connectivity index (χ0n) is 17.4. The van der Waals surface area contributed by atoms with Gasteiger partial charge in [0.2, 0.25) is 0 Å². The highest BCUT2D eigenvalue weighted by molar-refractivity contribution is 6.00. The highest BCUT2D eigenvalue weighted by atomic mass is 19.4. The Morgan fingerprint density at radius 2 is 2.03 bits per heavy atom. The van der Waals surface area contributed by atoms with E-state index in [-0.39, 0.29) is 29.6 Å². The van der Waals surface area contributed by atoms with Gasteiger partial charge in [0.15, 0.2) is 22.8 Å². The zero-order chi connectivity index (χ0) is 22.9. The van der Waals surface area contributed by atoms with Crippen molar-refractivity contribution in [3.05, 3.63) is 41.7 Å². The van der Waals surface area contributed by atoms with Crippen LogP contribution in [0.4, 0.5) is 13.2 Å². The number of amides is 1. The number of methoxy groups -OCH3 is 2. The molecule has 3 heterocycles. The Labute approximate surface area is 181 Å². The lowest BCUT2D eigenvalue weighted by atomic mass is 10.1. The molecule has 1 aromatic carbocycles. The molecule has 1 atom stereocenters. The summed E-state index contributed by atoms with van der Waals surface area (Å²) >= 11 is 0. The summed E-state index contributed by atoms with van der Waals surface area (Å²) in [6, 6.07) is 5.54. The molecule has 0 aliphatic carbocycles. The molecule has 0 spiro atoms. The van der Waals surface area contributed by atoms with Gasteiger partial charge in [0, 0.05) is 18.7 Å². The van der Waals surface area contributed by atoms with E-state index in [0.29, 0.717) is 28.2 Å². The minimum absolute atomic E-state index is 0.0134. The predicted molar refractivity (Wildman–Crippen MR) is 108 cm³/mol. The van der Waals surface area contributed by atoms with Gasteiger partial charge in [-0.2, -0.15) is 18.3 Å². The molecule has 1 amide bonds. The molecule has 1 fully saturated rings. The van der Waals surface area contributed by atoms with Crippen LogP contribution in [0.1, 0.15) is 28.9 Å². The second-order valence-corrected chi connectivity index (χ2v) is 7.23. The quantitative estimate of drug-likeness (QED) is 0.620. The van der Waals surface area contributed by atoms with Gasteiger partial charge in [0.1, 0.15) is 5.56 Å². The maximum atomic E-state index is 13.8. The zero-order valence-corrected chi connectivity index (χ0v) is 17.4. The van der Waals surface area contributed by atoms with Crippen molar-refractivity contribution < 1.29 is 32.2 Å². The van der Waals surface area contributed by atoms with Crippen molar-refractivity contribution in [2.24, 2.45) is 0 Å². The van der Waals surface area contributed by atoms with E-state index >= 15 is 0 Å². The Kier molecular flexibility index (Phi) is 5.92. The molecule has 0 bridgehead atoms. The van der Waals surface area contributed by atoms with Crippen molar-refractivity contribution in [2.75, 3.05) is 27.4 Å². The fourth-order valence-corrected chi connectivity index (χ4v) is 3.58. The number of ether oxygens (including phenoxy) is 3. The number of benzene rings is 1. The van der Waals surface area contributed by atoms with Gasteiger partial charge in [0.05, 0.1) is 32.2 Å². The highest BCUT2D eigenvalue weighted by Gasteiger charge is 2.36. The lowest BCUT2D eigenvalue weighted by molar-refractivity contribution is -0.142. The van der Waals surface area contributed by atoms with E-state index in [2.05, 4.69) is 15.4 Å². The first-order valence-corrected chi connectivity index (χ1v) is 9.90. The number of fused-ring (bicyclic) bond motifs is 1. The fourth-order valence-electron chi connectivity index (χ4n) is 3.58. The summed E-state index contributed by atoms with van der Waals surface area (Å²) in [5.41, 5.74) is -0.933. The molecule has 1 N–H and O–H groups in total.